The van der Waals surface area contributed by atoms with Gasteiger partial charge in [-0.05, 0) is 54.7 Å². The van der Waals surface area contributed by atoms with Crippen molar-refractivity contribution in [1.82, 2.24) is 15.0 Å². The summed E-state index contributed by atoms with van der Waals surface area (Å²) in [5, 5.41) is 16.3. The van der Waals surface area contributed by atoms with Crippen LogP contribution < -0.4 is 10.6 Å². The van der Waals surface area contributed by atoms with Crippen molar-refractivity contribution in [3.05, 3.63) is 89.0 Å². The standard InChI is InChI=1S/C26H29N5O2/c1-16-10-17(2)24(18(3)11-16)31-23(25(32)33)12-19-4-6-20(7-5-19)21-13-22(29-14-21)15-30-26-27-8-9-28-26/h4-11,13-14,23,29,31H,12,15H2,1-3H3,(H,32,33)(H2,27,28,30). The van der Waals surface area contributed by atoms with Crippen molar-refractivity contribution in [2.75, 3.05) is 10.6 Å². The van der Waals surface area contributed by atoms with Crippen LogP contribution in [0.2, 0.25) is 0 Å². The molecule has 1 unspecified atom stereocenters. The number of hydrogen-bond acceptors (Lipinski definition) is 4. The molecule has 0 amide bonds. The number of nitrogens with zero attached hydrogens (tertiary/aromatic N) is 1. The molecule has 0 aliphatic carbocycles. The smallest absolute Gasteiger partial charge is 0.326 e. The molecule has 1 atom stereocenters. The highest BCUT2D eigenvalue weighted by Gasteiger charge is 2.20. The van der Waals surface area contributed by atoms with Crippen LogP contribution >= 0.6 is 0 Å². The molecule has 0 spiro atoms. The fourth-order valence-corrected chi connectivity index (χ4v) is 4.10. The van der Waals surface area contributed by atoms with Gasteiger partial charge in [0.25, 0.3) is 0 Å². The van der Waals surface area contributed by atoms with Gasteiger partial charge < -0.3 is 25.7 Å². The van der Waals surface area contributed by atoms with E-state index in [1.165, 1.54) is 5.56 Å². The molecule has 7 heteroatoms. The van der Waals surface area contributed by atoms with Gasteiger partial charge in [0.15, 0.2) is 5.95 Å². The maximum atomic E-state index is 12.0. The molecule has 7 nitrogen and oxygen atoms in total. The van der Waals surface area contributed by atoms with Crippen LogP contribution in [0.3, 0.4) is 0 Å². The maximum absolute atomic E-state index is 12.0. The SMILES string of the molecule is Cc1cc(C)c(NC(Cc2ccc(-c3c[nH]c(CNc4ncc[nH]4)c3)cc2)C(=O)O)c(C)c1. The second-order valence-corrected chi connectivity index (χ2v) is 8.41. The van der Waals surface area contributed by atoms with Crippen LogP contribution in [0.25, 0.3) is 11.1 Å². The molecule has 0 aliphatic rings. The van der Waals surface area contributed by atoms with Crippen LogP contribution in [0.5, 0.6) is 0 Å². The number of hydrogen-bond donors (Lipinski definition) is 5. The summed E-state index contributed by atoms with van der Waals surface area (Å²) < 4.78 is 0. The molecule has 0 aliphatic heterocycles. The first-order valence-electron chi connectivity index (χ1n) is 11.0. The largest absolute Gasteiger partial charge is 0.480 e. The quantitative estimate of drug-likeness (QED) is 0.249. The number of rotatable bonds is 9. The van der Waals surface area contributed by atoms with Gasteiger partial charge in [0.1, 0.15) is 6.04 Å². The van der Waals surface area contributed by atoms with Gasteiger partial charge in [-0.25, -0.2) is 9.78 Å². The monoisotopic (exact) mass is 443 g/mol. The minimum atomic E-state index is -0.863. The van der Waals surface area contributed by atoms with E-state index in [9.17, 15) is 9.90 Å². The van der Waals surface area contributed by atoms with Crippen molar-refractivity contribution >= 4 is 17.6 Å². The molecular formula is C26H29N5O2. The van der Waals surface area contributed by atoms with Crippen LogP contribution in [0.15, 0.2) is 61.1 Å². The molecule has 4 rings (SSSR count). The average Bonchev–Trinajstić information content (AvgIpc) is 3.46. The van der Waals surface area contributed by atoms with E-state index < -0.39 is 12.0 Å². The van der Waals surface area contributed by atoms with Crippen molar-refractivity contribution < 1.29 is 9.90 Å². The lowest BCUT2D eigenvalue weighted by molar-refractivity contribution is -0.137. The van der Waals surface area contributed by atoms with Crippen molar-refractivity contribution in [3.8, 4) is 11.1 Å². The van der Waals surface area contributed by atoms with E-state index in [1.54, 1.807) is 12.4 Å². The Morgan fingerprint density at radius 1 is 1.03 bits per heavy atom. The van der Waals surface area contributed by atoms with Gasteiger partial charge >= 0.3 is 5.97 Å². The molecule has 0 bridgehead atoms. The van der Waals surface area contributed by atoms with Crippen LogP contribution in [0, 0.1) is 20.8 Å². The number of anilines is 2. The van der Waals surface area contributed by atoms with Gasteiger partial charge in [0, 0.05) is 36.4 Å². The highest BCUT2D eigenvalue weighted by Crippen LogP contribution is 2.25. The summed E-state index contributed by atoms with van der Waals surface area (Å²) in [6.07, 6.45) is 5.85. The number of aliphatic carboxylic acids is 1. The summed E-state index contributed by atoms with van der Waals surface area (Å²) in [5.74, 6) is -0.133. The topological polar surface area (TPSA) is 106 Å². The van der Waals surface area contributed by atoms with Gasteiger partial charge in [-0.2, -0.15) is 0 Å². The molecule has 33 heavy (non-hydrogen) atoms. The molecular weight excluding hydrogens is 414 g/mol. The Balaban J connectivity index is 1.42. The lowest BCUT2D eigenvalue weighted by Crippen LogP contribution is -2.32. The van der Waals surface area contributed by atoms with E-state index in [-0.39, 0.29) is 0 Å². The summed E-state index contributed by atoms with van der Waals surface area (Å²) >= 11 is 0. The molecule has 0 fully saturated rings. The summed E-state index contributed by atoms with van der Waals surface area (Å²) in [4.78, 5) is 22.4. The predicted molar refractivity (Wildman–Crippen MR) is 132 cm³/mol. The molecule has 0 radical (unpaired) electrons. The van der Waals surface area contributed by atoms with Crippen molar-refractivity contribution in [3.63, 3.8) is 0 Å². The van der Waals surface area contributed by atoms with E-state index in [0.29, 0.717) is 13.0 Å². The lowest BCUT2D eigenvalue weighted by atomic mass is 10.00. The molecule has 0 saturated heterocycles. The number of benzene rings is 2. The molecule has 4 aromatic rings. The van der Waals surface area contributed by atoms with E-state index in [4.69, 9.17) is 0 Å². The van der Waals surface area contributed by atoms with Gasteiger partial charge in [-0.15, -0.1) is 0 Å². The van der Waals surface area contributed by atoms with Crippen molar-refractivity contribution in [1.29, 1.82) is 0 Å². The van der Waals surface area contributed by atoms with Gasteiger partial charge in [-0.3, -0.25) is 0 Å². The second kappa shape index (κ2) is 9.65. The fraction of sp³-hybridized carbons (Fsp3) is 0.231. The highest BCUT2D eigenvalue weighted by molar-refractivity contribution is 5.79. The molecule has 2 aromatic carbocycles. The summed E-state index contributed by atoms with van der Waals surface area (Å²) in [5.41, 5.74) is 8.34. The van der Waals surface area contributed by atoms with E-state index in [1.807, 2.05) is 51.2 Å². The highest BCUT2D eigenvalue weighted by atomic mass is 16.4. The zero-order valence-corrected chi connectivity index (χ0v) is 19.1. The third-order valence-electron chi connectivity index (χ3n) is 5.71. The number of carboxylic acids is 1. The van der Waals surface area contributed by atoms with E-state index in [2.05, 4.69) is 43.8 Å². The number of imidazole rings is 1. The Kier molecular flexibility index (Phi) is 6.49. The number of aromatic amines is 2. The lowest BCUT2D eigenvalue weighted by Gasteiger charge is -2.20. The Morgan fingerprint density at radius 3 is 2.39 bits per heavy atom. The van der Waals surface area contributed by atoms with Crippen molar-refractivity contribution in [2.45, 2.75) is 39.8 Å². The van der Waals surface area contributed by atoms with E-state index in [0.717, 1.165) is 45.1 Å². The zero-order chi connectivity index (χ0) is 23.4. The first kappa shape index (κ1) is 22.2. The molecule has 5 N–H and O–H groups in total. The Bertz CT molecular complexity index is 1200. The van der Waals surface area contributed by atoms with E-state index >= 15 is 0 Å². The number of aromatic nitrogens is 3. The zero-order valence-electron chi connectivity index (χ0n) is 19.1. The molecule has 170 valence electrons. The van der Waals surface area contributed by atoms with Crippen LogP contribution in [0.4, 0.5) is 11.6 Å². The number of carbonyl (C=O) groups is 1. The minimum absolute atomic E-state index is 0.397. The maximum Gasteiger partial charge on any atom is 0.326 e. The third kappa shape index (κ3) is 5.44. The Morgan fingerprint density at radius 2 is 1.76 bits per heavy atom. The van der Waals surface area contributed by atoms with Gasteiger partial charge in [0.05, 0.1) is 6.54 Å². The Hall–Kier alpha value is -4.00. The van der Waals surface area contributed by atoms with Gasteiger partial charge in [-0.1, -0.05) is 42.0 Å². The van der Waals surface area contributed by atoms with Crippen LogP contribution in [-0.4, -0.2) is 32.1 Å². The van der Waals surface area contributed by atoms with Crippen molar-refractivity contribution in [2.24, 2.45) is 0 Å². The van der Waals surface area contributed by atoms with Crippen LogP contribution in [-0.2, 0) is 17.8 Å². The second-order valence-electron chi connectivity index (χ2n) is 8.41. The Labute approximate surface area is 193 Å². The summed E-state index contributed by atoms with van der Waals surface area (Å²) in [6.45, 7) is 6.69. The molecule has 2 heterocycles. The normalized spacial score (nSPS) is 11.8. The predicted octanol–water partition coefficient (Wildman–Crippen LogP) is 5.05. The summed E-state index contributed by atoms with van der Waals surface area (Å²) in [7, 11) is 0. The summed E-state index contributed by atoms with van der Waals surface area (Å²) in [6, 6.07) is 13.6. The first-order chi connectivity index (χ1) is 15.9. The van der Waals surface area contributed by atoms with Crippen LogP contribution in [0.1, 0.15) is 27.9 Å². The average molecular weight is 444 g/mol. The fourth-order valence-electron chi connectivity index (χ4n) is 4.10. The minimum Gasteiger partial charge on any atom is -0.480 e. The number of H-pyrrole nitrogens is 2. The number of carboxylic acid groups (broad SMARTS) is 1. The molecule has 0 saturated carbocycles. The number of nitrogens with one attached hydrogen (secondary N) is 4. The van der Waals surface area contributed by atoms with Gasteiger partial charge in [0.2, 0.25) is 0 Å². The molecule has 2 aromatic heterocycles. The third-order valence-corrected chi connectivity index (χ3v) is 5.71. The first-order valence-corrected chi connectivity index (χ1v) is 11.0. The number of aryl methyl sites for hydroxylation is 3.